The molecular weight excluding hydrogens is 843 g/mol. The highest BCUT2D eigenvalue weighted by Gasteiger charge is 2.36. The molecular formula is C61H40BrNO. The topological polar surface area (TPSA) is 18.1 Å². The first-order valence-electron chi connectivity index (χ1n) is 22.0. The number of hydrogen-bond donors (Lipinski definition) is 0. The first-order valence-corrected chi connectivity index (χ1v) is 22.8. The Kier molecular flexibility index (Phi) is 8.13. The molecule has 0 bridgehead atoms. The molecule has 3 heteroatoms. The summed E-state index contributed by atoms with van der Waals surface area (Å²) < 4.78 is 9.70. The molecule has 0 amide bonds. The predicted octanol–water partition coefficient (Wildman–Crippen LogP) is 17.6. The van der Waals surface area contributed by atoms with Gasteiger partial charge in [0.05, 0.1) is 11.0 Å². The molecule has 0 atom stereocenters. The van der Waals surface area contributed by atoms with E-state index in [0.717, 1.165) is 26.4 Å². The van der Waals surface area contributed by atoms with E-state index >= 15 is 0 Å². The van der Waals surface area contributed by atoms with Gasteiger partial charge in [-0.25, -0.2) is 0 Å². The van der Waals surface area contributed by atoms with E-state index in [0.29, 0.717) is 0 Å². The summed E-state index contributed by atoms with van der Waals surface area (Å²) in [7, 11) is 0. The van der Waals surface area contributed by atoms with E-state index in [2.05, 4.69) is 228 Å². The van der Waals surface area contributed by atoms with E-state index in [1.54, 1.807) is 0 Å². The van der Waals surface area contributed by atoms with Crippen LogP contribution in [0.5, 0.6) is 0 Å². The molecule has 0 aliphatic heterocycles. The van der Waals surface area contributed by atoms with Crippen molar-refractivity contribution < 1.29 is 4.42 Å². The molecule has 0 fully saturated rings. The van der Waals surface area contributed by atoms with Crippen molar-refractivity contribution in [2.24, 2.45) is 0 Å². The maximum Gasteiger partial charge on any atom is 0.136 e. The second-order valence-electron chi connectivity index (χ2n) is 17.8. The Labute approximate surface area is 379 Å². The van der Waals surface area contributed by atoms with Crippen LogP contribution in [0, 0.1) is 0 Å². The number of para-hydroxylation sites is 3. The quantitative estimate of drug-likeness (QED) is 0.168. The Morgan fingerprint density at radius 3 is 1.75 bits per heavy atom. The van der Waals surface area contributed by atoms with Crippen molar-refractivity contribution in [2.45, 2.75) is 19.3 Å². The van der Waals surface area contributed by atoms with Crippen molar-refractivity contribution in [3.63, 3.8) is 0 Å². The average Bonchev–Trinajstić information content (AvgIpc) is 3.96. The molecule has 0 unspecified atom stereocenters. The van der Waals surface area contributed by atoms with Gasteiger partial charge in [-0.1, -0.05) is 157 Å². The van der Waals surface area contributed by atoms with Crippen LogP contribution in [-0.4, -0.2) is 4.57 Å². The van der Waals surface area contributed by atoms with Crippen LogP contribution in [0.4, 0.5) is 0 Å². The zero-order chi connectivity index (χ0) is 42.7. The summed E-state index contributed by atoms with van der Waals surface area (Å²) in [5, 5.41) is 7.25. The Morgan fingerprint density at radius 1 is 0.391 bits per heavy atom. The molecule has 2 nitrogen and oxygen atoms in total. The van der Waals surface area contributed by atoms with Gasteiger partial charge in [0.25, 0.3) is 0 Å². The molecule has 302 valence electrons. The summed E-state index contributed by atoms with van der Waals surface area (Å²) in [5.74, 6) is 0. The second-order valence-corrected chi connectivity index (χ2v) is 18.8. The highest BCUT2D eigenvalue weighted by molar-refractivity contribution is 9.10. The molecule has 64 heavy (non-hydrogen) atoms. The summed E-state index contributed by atoms with van der Waals surface area (Å²) in [4.78, 5) is 0. The zero-order valence-corrected chi connectivity index (χ0v) is 36.9. The van der Waals surface area contributed by atoms with Crippen LogP contribution in [0.1, 0.15) is 25.0 Å². The third kappa shape index (κ3) is 5.71. The Bertz CT molecular complexity index is 3890. The maximum absolute atomic E-state index is 6.25. The lowest BCUT2D eigenvalue weighted by molar-refractivity contribution is 0.660. The Morgan fingerprint density at radius 2 is 0.969 bits per heavy atom. The van der Waals surface area contributed by atoms with E-state index in [1.165, 1.54) is 105 Å². The van der Waals surface area contributed by atoms with Crippen LogP contribution in [-0.2, 0) is 5.41 Å². The van der Waals surface area contributed by atoms with Gasteiger partial charge < -0.3 is 8.98 Å². The average molecular weight is 883 g/mol. The molecule has 0 saturated carbocycles. The molecule has 2 heterocycles. The molecule has 13 rings (SSSR count). The highest BCUT2D eigenvalue weighted by Crippen LogP contribution is 2.51. The SMILES string of the molecule is CC1(C)c2ccc(-c3cc(Br)cc(-c4ccc5ccc(-c6cccc7oc8ccccc8c67)cc5c4)c3)cc2-c2cc(-c3ccc4c5ccccc5n(-c5ccccc5)c4c3)ccc21. The van der Waals surface area contributed by atoms with Gasteiger partial charge in [0, 0.05) is 37.1 Å². The second kappa shape index (κ2) is 14.0. The fourth-order valence-corrected chi connectivity index (χ4v) is 11.2. The number of rotatable bonds is 5. The first kappa shape index (κ1) is 37.1. The number of halogens is 1. The number of aromatic nitrogens is 1. The third-order valence-electron chi connectivity index (χ3n) is 13.8. The van der Waals surface area contributed by atoms with Crippen LogP contribution in [0.25, 0.3) is 116 Å². The van der Waals surface area contributed by atoms with E-state index in [1.807, 2.05) is 12.1 Å². The van der Waals surface area contributed by atoms with Gasteiger partial charge in [-0.2, -0.15) is 0 Å². The molecule has 1 aliphatic carbocycles. The summed E-state index contributed by atoms with van der Waals surface area (Å²) in [6.45, 7) is 4.73. The molecule has 0 saturated heterocycles. The van der Waals surface area contributed by atoms with Gasteiger partial charge in [-0.05, 0) is 156 Å². The fourth-order valence-electron chi connectivity index (χ4n) is 10.7. The van der Waals surface area contributed by atoms with E-state index in [-0.39, 0.29) is 5.41 Å². The summed E-state index contributed by atoms with van der Waals surface area (Å²) >= 11 is 3.92. The van der Waals surface area contributed by atoms with Crippen LogP contribution < -0.4 is 0 Å². The Balaban J connectivity index is 0.885. The van der Waals surface area contributed by atoms with E-state index < -0.39 is 0 Å². The van der Waals surface area contributed by atoms with Crippen molar-refractivity contribution in [1.29, 1.82) is 0 Å². The molecule has 0 N–H and O–H groups in total. The lowest BCUT2D eigenvalue weighted by atomic mass is 9.82. The number of benzene rings is 10. The molecule has 0 spiro atoms. The first-order chi connectivity index (χ1) is 31.4. The lowest BCUT2D eigenvalue weighted by Gasteiger charge is -2.21. The monoisotopic (exact) mass is 881 g/mol. The van der Waals surface area contributed by atoms with Crippen LogP contribution in [0.2, 0.25) is 0 Å². The summed E-state index contributed by atoms with van der Waals surface area (Å²) in [6.07, 6.45) is 0. The number of hydrogen-bond acceptors (Lipinski definition) is 1. The van der Waals surface area contributed by atoms with Crippen molar-refractivity contribution in [2.75, 3.05) is 0 Å². The lowest BCUT2D eigenvalue weighted by Crippen LogP contribution is -2.14. The van der Waals surface area contributed by atoms with Crippen LogP contribution >= 0.6 is 15.9 Å². The standard InChI is InChI=1S/C61H40BrNO/c1-61(2)54-27-24-39(41-23-26-50-49-13-6-8-16-56(49)63(57(50)36-41)47-11-4-3-5-12-47)34-52(54)53-35-40(25-28-55(53)61)45-31-44(32-46(62)33-45)38-21-19-37-20-22-42(30-43(37)29-38)48-15-10-18-59-60(48)51-14-7-9-17-58(51)64-59/h3-36H,1-2H3. The number of furan rings is 1. The predicted molar refractivity (Wildman–Crippen MR) is 273 cm³/mol. The molecule has 10 aromatic carbocycles. The highest BCUT2D eigenvalue weighted by atomic mass is 79.9. The molecule has 2 aromatic heterocycles. The summed E-state index contributed by atoms with van der Waals surface area (Å²) in [5.41, 5.74) is 20.2. The van der Waals surface area contributed by atoms with Gasteiger partial charge >= 0.3 is 0 Å². The zero-order valence-electron chi connectivity index (χ0n) is 35.4. The minimum Gasteiger partial charge on any atom is -0.456 e. The molecule has 12 aromatic rings. The van der Waals surface area contributed by atoms with Crippen molar-refractivity contribution in [3.05, 3.63) is 222 Å². The van der Waals surface area contributed by atoms with Crippen molar-refractivity contribution in [1.82, 2.24) is 4.57 Å². The fraction of sp³-hybridized carbons (Fsp3) is 0.0492. The van der Waals surface area contributed by atoms with Gasteiger partial charge in [0.2, 0.25) is 0 Å². The maximum atomic E-state index is 6.25. The minimum absolute atomic E-state index is 0.117. The van der Waals surface area contributed by atoms with Crippen LogP contribution in [0.3, 0.4) is 0 Å². The third-order valence-corrected chi connectivity index (χ3v) is 14.3. The smallest absolute Gasteiger partial charge is 0.136 e. The van der Waals surface area contributed by atoms with Gasteiger partial charge in [-0.3, -0.25) is 0 Å². The largest absolute Gasteiger partial charge is 0.456 e. The van der Waals surface area contributed by atoms with Gasteiger partial charge in [0.15, 0.2) is 0 Å². The van der Waals surface area contributed by atoms with E-state index in [4.69, 9.17) is 4.42 Å². The molecule has 0 radical (unpaired) electrons. The van der Waals surface area contributed by atoms with Gasteiger partial charge in [0.1, 0.15) is 11.2 Å². The van der Waals surface area contributed by atoms with Crippen LogP contribution in [0.15, 0.2) is 215 Å². The summed E-state index contributed by atoms with van der Waals surface area (Å²) in [6, 6.07) is 75.7. The molecule has 1 aliphatic rings. The van der Waals surface area contributed by atoms with Crippen molar-refractivity contribution in [3.8, 4) is 61.3 Å². The van der Waals surface area contributed by atoms with Crippen molar-refractivity contribution >= 4 is 70.4 Å². The Hall–Kier alpha value is -7.46. The normalized spacial score (nSPS) is 13.0. The van der Waals surface area contributed by atoms with E-state index in [9.17, 15) is 0 Å². The number of nitrogens with zero attached hydrogens (tertiary/aromatic N) is 1. The van der Waals surface area contributed by atoms with Gasteiger partial charge in [-0.15, -0.1) is 0 Å². The number of fused-ring (bicyclic) bond motifs is 10. The minimum atomic E-state index is -0.117.